The smallest absolute Gasteiger partial charge is 0.230 e. The summed E-state index contributed by atoms with van der Waals surface area (Å²) in [5.74, 6) is 0.828. The highest BCUT2D eigenvalue weighted by atomic mass is 79.9. The molecule has 160 valence electrons. The SMILES string of the molecule is Cc1nc2sc([C@H](c3ccc(Br)cc3)N3CCN(c4cccc(Cl)c4)CC3)c(O)n2n1. The monoisotopic (exact) mass is 517 g/mol. The minimum atomic E-state index is -0.0663. The van der Waals surface area contributed by atoms with Gasteiger partial charge in [0, 0.05) is 41.4 Å². The van der Waals surface area contributed by atoms with Gasteiger partial charge in [0.15, 0.2) is 0 Å². The molecule has 0 radical (unpaired) electrons. The Bertz CT molecular complexity index is 1220. The first-order chi connectivity index (χ1) is 15.0. The van der Waals surface area contributed by atoms with Gasteiger partial charge in [-0.2, -0.15) is 4.52 Å². The molecule has 6 nitrogen and oxygen atoms in total. The van der Waals surface area contributed by atoms with Crippen molar-refractivity contribution in [2.45, 2.75) is 13.0 Å². The number of piperazine rings is 1. The first-order valence-corrected chi connectivity index (χ1v) is 12.0. The van der Waals surface area contributed by atoms with Crippen molar-refractivity contribution in [2.75, 3.05) is 31.1 Å². The number of anilines is 1. The third kappa shape index (κ3) is 4.05. The molecule has 9 heteroatoms. The molecular weight excluding hydrogens is 498 g/mol. The van der Waals surface area contributed by atoms with Gasteiger partial charge in [-0.25, -0.2) is 4.98 Å². The number of thiazole rings is 1. The average molecular weight is 519 g/mol. The summed E-state index contributed by atoms with van der Waals surface area (Å²) in [6, 6.07) is 16.2. The topological polar surface area (TPSA) is 56.9 Å². The van der Waals surface area contributed by atoms with Gasteiger partial charge in [-0.15, -0.1) is 5.10 Å². The molecule has 1 saturated heterocycles. The highest BCUT2D eigenvalue weighted by Crippen LogP contribution is 2.40. The molecule has 5 rings (SSSR count). The zero-order valence-corrected chi connectivity index (χ0v) is 20.0. The van der Waals surface area contributed by atoms with E-state index >= 15 is 0 Å². The maximum atomic E-state index is 11.0. The Morgan fingerprint density at radius 2 is 1.84 bits per heavy atom. The van der Waals surface area contributed by atoms with Crippen molar-refractivity contribution < 1.29 is 5.11 Å². The Balaban J connectivity index is 1.47. The minimum absolute atomic E-state index is 0.0663. The van der Waals surface area contributed by atoms with Crippen LogP contribution in [0.3, 0.4) is 0 Å². The summed E-state index contributed by atoms with van der Waals surface area (Å²) in [7, 11) is 0. The van der Waals surface area contributed by atoms with Crippen molar-refractivity contribution in [3.63, 3.8) is 0 Å². The second-order valence-electron chi connectivity index (χ2n) is 7.60. The first kappa shape index (κ1) is 20.8. The second kappa shape index (κ2) is 8.43. The fourth-order valence-corrected chi connectivity index (χ4v) is 5.72. The maximum absolute atomic E-state index is 11.0. The first-order valence-electron chi connectivity index (χ1n) is 10.0. The zero-order valence-electron chi connectivity index (χ0n) is 16.9. The van der Waals surface area contributed by atoms with Gasteiger partial charge >= 0.3 is 0 Å². The number of rotatable bonds is 4. The fraction of sp³-hybridized carbons (Fsp3) is 0.273. The third-order valence-corrected chi connectivity index (χ3v) is 7.43. The van der Waals surface area contributed by atoms with Gasteiger partial charge in [0.25, 0.3) is 0 Å². The summed E-state index contributed by atoms with van der Waals surface area (Å²) in [4.78, 5) is 10.8. The van der Waals surface area contributed by atoms with Crippen LogP contribution in [0.2, 0.25) is 5.02 Å². The molecule has 0 aliphatic carbocycles. The molecule has 4 aromatic rings. The lowest BCUT2D eigenvalue weighted by molar-refractivity contribution is 0.211. The third-order valence-electron chi connectivity index (χ3n) is 5.59. The van der Waals surface area contributed by atoms with E-state index in [1.54, 1.807) is 4.52 Å². The van der Waals surface area contributed by atoms with Crippen molar-refractivity contribution in [3.8, 4) is 5.88 Å². The van der Waals surface area contributed by atoms with E-state index in [9.17, 15) is 5.11 Å². The molecule has 0 bridgehead atoms. The summed E-state index contributed by atoms with van der Waals surface area (Å²) in [6.45, 7) is 5.32. The lowest BCUT2D eigenvalue weighted by Crippen LogP contribution is -2.47. The van der Waals surface area contributed by atoms with E-state index in [2.05, 4.69) is 54.0 Å². The summed E-state index contributed by atoms with van der Waals surface area (Å²) in [5, 5.41) is 16.1. The summed E-state index contributed by atoms with van der Waals surface area (Å²) < 4.78 is 2.58. The number of nitrogens with zero attached hydrogens (tertiary/aromatic N) is 5. The van der Waals surface area contributed by atoms with Gasteiger partial charge in [0.2, 0.25) is 10.8 Å². The van der Waals surface area contributed by atoms with Gasteiger partial charge < -0.3 is 10.0 Å². The predicted octanol–water partition coefficient (Wildman–Crippen LogP) is 5.13. The number of halogens is 2. The van der Waals surface area contributed by atoms with Crippen LogP contribution in [0.4, 0.5) is 5.69 Å². The van der Waals surface area contributed by atoms with Crippen LogP contribution in [0.25, 0.3) is 4.96 Å². The maximum Gasteiger partial charge on any atom is 0.230 e. The normalized spacial score (nSPS) is 16.2. The zero-order chi connectivity index (χ0) is 21.5. The van der Waals surface area contributed by atoms with Gasteiger partial charge in [-0.3, -0.25) is 4.90 Å². The minimum Gasteiger partial charge on any atom is -0.492 e. The van der Waals surface area contributed by atoms with Crippen LogP contribution in [0.1, 0.15) is 22.3 Å². The largest absolute Gasteiger partial charge is 0.492 e. The highest BCUT2D eigenvalue weighted by Gasteiger charge is 2.31. The van der Waals surface area contributed by atoms with Crippen LogP contribution in [0, 0.1) is 6.92 Å². The van der Waals surface area contributed by atoms with Crippen molar-refractivity contribution in [2.24, 2.45) is 0 Å². The van der Waals surface area contributed by atoms with Crippen molar-refractivity contribution >= 4 is 49.5 Å². The number of hydrogen-bond acceptors (Lipinski definition) is 6. The molecule has 0 unspecified atom stereocenters. The van der Waals surface area contributed by atoms with E-state index in [1.165, 1.54) is 11.3 Å². The van der Waals surface area contributed by atoms with Gasteiger partial charge in [0.1, 0.15) is 5.82 Å². The number of aromatic nitrogens is 3. The average Bonchev–Trinajstić information content (AvgIpc) is 3.27. The van der Waals surface area contributed by atoms with Crippen molar-refractivity contribution in [1.29, 1.82) is 0 Å². The molecule has 2 aromatic heterocycles. The number of aromatic hydroxyl groups is 1. The van der Waals surface area contributed by atoms with Crippen molar-refractivity contribution in [1.82, 2.24) is 19.5 Å². The van der Waals surface area contributed by atoms with E-state index in [4.69, 9.17) is 11.6 Å². The molecule has 1 N–H and O–H groups in total. The van der Waals surface area contributed by atoms with Crippen LogP contribution in [-0.4, -0.2) is 50.8 Å². The van der Waals surface area contributed by atoms with E-state index in [1.807, 2.05) is 37.3 Å². The van der Waals surface area contributed by atoms with Crippen molar-refractivity contribution in [3.05, 3.63) is 74.3 Å². The molecule has 1 atom stereocenters. The van der Waals surface area contributed by atoms with E-state index in [0.717, 1.165) is 51.8 Å². The molecule has 0 amide bonds. The Morgan fingerprint density at radius 1 is 1.10 bits per heavy atom. The van der Waals surface area contributed by atoms with Gasteiger partial charge in [0.05, 0.1) is 10.9 Å². The van der Waals surface area contributed by atoms with Crippen LogP contribution in [-0.2, 0) is 0 Å². The van der Waals surface area contributed by atoms with Crippen LogP contribution in [0.5, 0.6) is 5.88 Å². The van der Waals surface area contributed by atoms with Crippen LogP contribution in [0.15, 0.2) is 53.0 Å². The Hall–Kier alpha value is -2.13. The standard InChI is InChI=1S/C22H21BrClN5OS/c1-14-25-22-29(26-14)21(30)20(31-22)19(15-5-7-16(23)8-6-15)28-11-9-27(10-12-28)18-4-2-3-17(24)13-18/h2-8,13,19,30H,9-12H2,1H3/t19-/m0/s1. The molecule has 1 aliphatic rings. The van der Waals surface area contributed by atoms with Gasteiger partial charge in [-0.05, 0) is 42.8 Å². The van der Waals surface area contributed by atoms with Gasteiger partial charge in [-0.1, -0.05) is 57.1 Å². The van der Waals surface area contributed by atoms with Crippen LogP contribution >= 0.6 is 38.9 Å². The Kier molecular flexibility index (Phi) is 5.64. The van der Waals surface area contributed by atoms with Crippen LogP contribution < -0.4 is 4.90 Å². The van der Waals surface area contributed by atoms with E-state index in [-0.39, 0.29) is 11.9 Å². The number of fused-ring (bicyclic) bond motifs is 1. The molecule has 3 heterocycles. The van der Waals surface area contributed by atoms with E-state index < -0.39 is 0 Å². The van der Waals surface area contributed by atoms with E-state index in [0.29, 0.717) is 10.8 Å². The highest BCUT2D eigenvalue weighted by molar-refractivity contribution is 9.10. The quantitative estimate of drug-likeness (QED) is 0.406. The Labute approximate surface area is 197 Å². The second-order valence-corrected chi connectivity index (χ2v) is 9.96. The molecule has 0 saturated carbocycles. The summed E-state index contributed by atoms with van der Waals surface area (Å²) >= 11 is 11.2. The lowest BCUT2D eigenvalue weighted by Gasteiger charge is -2.40. The number of benzene rings is 2. The number of hydrogen-bond donors (Lipinski definition) is 1. The molecule has 1 fully saturated rings. The molecular formula is C22H21BrClN5OS. The number of aryl methyl sites for hydroxylation is 1. The molecule has 1 aliphatic heterocycles. The molecule has 31 heavy (non-hydrogen) atoms. The summed E-state index contributed by atoms with van der Waals surface area (Å²) in [5.41, 5.74) is 2.28. The predicted molar refractivity (Wildman–Crippen MR) is 128 cm³/mol. The Morgan fingerprint density at radius 3 is 2.52 bits per heavy atom. The molecule has 2 aromatic carbocycles. The molecule has 0 spiro atoms. The summed E-state index contributed by atoms with van der Waals surface area (Å²) in [6.07, 6.45) is 0. The fourth-order valence-electron chi connectivity index (χ4n) is 4.11. The lowest BCUT2D eigenvalue weighted by atomic mass is 10.0.